The van der Waals surface area contributed by atoms with Crippen LogP contribution in [0.15, 0.2) is 35.5 Å². The third-order valence-electron chi connectivity index (χ3n) is 2.92. The number of hydrogen-bond acceptors (Lipinski definition) is 6. The van der Waals surface area contributed by atoms with Crippen LogP contribution in [0.25, 0.3) is 0 Å². The molecule has 31 heavy (non-hydrogen) atoms. The van der Waals surface area contributed by atoms with Crippen LogP contribution in [-0.2, 0) is 31.5 Å². The Kier molecular flexibility index (Phi) is 25.2. The van der Waals surface area contributed by atoms with E-state index in [9.17, 15) is 29.7 Å². The Morgan fingerprint density at radius 1 is 0.548 bits per heavy atom. The average Bonchev–Trinajstić information content (AvgIpc) is 2.42. The molecule has 0 aliphatic heterocycles. The molecular formula is C24H39FeO6. The summed E-state index contributed by atoms with van der Waals surface area (Å²) in [5.41, 5.74) is 0. The van der Waals surface area contributed by atoms with Gasteiger partial charge in [0.25, 0.3) is 0 Å². The van der Waals surface area contributed by atoms with Crippen LogP contribution in [0.2, 0.25) is 0 Å². The Morgan fingerprint density at radius 2 is 0.710 bits per heavy atom. The van der Waals surface area contributed by atoms with Gasteiger partial charge in [-0.25, -0.2) is 0 Å². The quantitative estimate of drug-likeness (QED) is 0.285. The largest absolute Gasteiger partial charge is 3.00 e. The first-order valence-corrected chi connectivity index (χ1v) is 10.2. The van der Waals surface area contributed by atoms with Crippen molar-refractivity contribution < 1.29 is 46.8 Å². The first kappa shape index (κ1) is 36.5. The van der Waals surface area contributed by atoms with Gasteiger partial charge in [-0.3, -0.25) is 14.4 Å². The van der Waals surface area contributed by atoms with E-state index in [0.717, 1.165) is 18.2 Å². The normalized spacial score (nSPS) is 11.8. The predicted molar refractivity (Wildman–Crippen MR) is 115 cm³/mol. The van der Waals surface area contributed by atoms with E-state index in [1.54, 1.807) is 0 Å². The van der Waals surface area contributed by atoms with Gasteiger partial charge in [-0.1, -0.05) is 41.5 Å². The molecule has 0 N–H and O–H groups in total. The van der Waals surface area contributed by atoms with E-state index in [0.29, 0.717) is 37.0 Å². The fourth-order valence-corrected chi connectivity index (χ4v) is 2.06. The SMILES string of the molecule is CC(=O)C=C([O-])CC(C)C.CC(=O)C=C([O-])CC(C)C.CC(=O)C=C([O-])CC(C)C.[Fe+3]. The molecule has 0 aromatic rings. The second-order valence-electron chi connectivity index (χ2n) is 8.46. The fourth-order valence-electron chi connectivity index (χ4n) is 2.06. The molecule has 0 fully saturated rings. The average molecular weight is 479 g/mol. The minimum Gasteiger partial charge on any atom is -0.875 e. The molecule has 1 radical (unpaired) electrons. The topological polar surface area (TPSA) is 120 Å². The van der Waals surface area contributed by atoms with Gasteiger partial charge in [0.05, 0.1) is 0 Å². The third kappa shape index (κ3) is 39.2. The summed E-state index contributed by atoms with van der Waals surface area (Å²) in [5.74, 6) is 0.323. The van der Waals surface area contributed by atoms with Crippen molar-refractivity contribution in [3.8, 4) is 0 Å². The summed E-state index contributed by atoms with van der Waals surface area (Å²) in [6, 6.07) is 0. The first-order valence-electron chi connectivity index (χ1n) is 10.2. The van der Waals surface area contributed by atoms with E-state index in [1.165, 1.54) is 20.8 Å². The molecule has 0 spiro atoms. The molecule has 7 heteroatoms. The number of carbonyl (C=O) groups is 3. The monoisotopic (exact) mass is 479 g/mol. The second-order valence-corrected chi connectivity index (χ2v) is 8.46. The van der Waals surface area contributed by atoms with Crippen LogP contribution in [0.1, 0.15) is 81.6 Å². The summed E-state index contributed by atoms with van der Waals surface area (Å²) >= 11 is 0. The number of ketones is 3. The molecular weight excluding hydrogens is 440 g/mol. The number of hydrogen-bond donors (Lipinski definition) is 0. The van der Waals surface area contributed by atoms with Gasteiger partial charge in [0.2, 0.25) is 0 Å². The molecule has 0 aromatic heterocycles. The molecule has 0 bridgehead atoms. The van der Waals surface area contributed by atoms with E-state index >= 15 is 0 Å². The Morgan fingerprint density at radius 3 is 0.806 bits per heavy atom. The van der Waals surface area contributed by atoms with E-state index in [2.05, 4.69) is 0 Å². The summed E-state index contributed by atoms with van der Waals surface area (Å²) in [6.45, 7) is 15.9. The second kappa shape index (κ2) is 21.4. The zero-order chi connectivity index (χ0) is 24.4. The summed E-state index contributed by atoms with van der Waals surface area (Å²) in [4.78, 5) is 31.1. The van der Waals surface area contributed by atoms with Gasteiger partial charge in [0.1, 0.15) is 0 Å². The van der Waals surface area contributed by atoms with E-state index in [4.69, 9.17) is 0 Å². The fraction of sp³-hybridized carbons (Fsp3) is 0.625. The maximum atomic E-state index is 10.8. The maximum absolute atomic E-state index is 10.8. The number of allylic oxidation sites excluding steroid dienone is 6. The minimum absolute atomic E-state index is 0. The zero-order valence-electron chi connectivity index (χ0n) is 20.4. The summed E-state index contributed by atoms with van der Waals surface area (Å²) in [6.07, 6.45) is 4.87. The van der Waals surface area contributed by atoms with Crippen LogP contribution in [0, 0.1) is 17.8 Å². The zero-order valence-corrected chi connectivity index (χ0v) is 21.5. The molecule has 0 rings (SSSR count). The van der Waals surface area contributed by atoms with E-state index in [-0.39, 0.29) is 51.7 Å². The van der Waals surface area contributed by atoms with Crippen LogP contribution >= 0.6 is 0 Å². The predicted octanol–water partition coefficient (Wildman–Crippen LogP) is 2.59. The van der Waals surface area contributed by atoms with Crippen molar-refractivity contribution in [1.82, 2.24) is 0 Å². The van der Waals surface area contributed by atoms with Crippen molar-refractivity contribution in [2.75, 3.05) is 0 Å². The van der Waals surface area contributed by atoms with Crippen molar-refractivity contribution in [3.05, 3.63) is 35.5 Å². The van der Waals surface area contributed by atoms with Gasteiger partial charge < -0.3 is 15.3 Å². The molecule has 6 nitrogen and oxygen atoms in total. The molecule has 179 valence electrons. The van der Waals surface area contributed by atoms with Gasteiger partial charge in [0, 0.05) is 0 Å². The van der Waals surface area contributed by atoms with E-state index in [1.807, 2.05) is 41.5 Å². The summed E-state index contributed by atoms with van der Waals surface area (Å²) in [5, 5.41) is 32.4. The Labute approximate surface area is 199 Å². The molecule has 0 aromatic carbocycles. The van der Waals surface area contributed by atoms with Crippen LogP contribution in [0.5, 0.6) is 0 Å². The van der Waals surface area contributed by atoms with Crippen molar-refractivity contribution >= 4 is 17.3 Å². The molecule has 0 aliphatic rings. The third-order valence-corrected chi connectivity index (χ3v) is 2.92. The smallest absolute Gasteiger partial charge is 0.875 e. The first-order chi connectivity index (χ1) is 13.6. The number of rotatable bonds is 9. The van der Waals surface area contributed by atoms with Crippen molar-refractivity contribution in [3.63, 3.8) is 0 Å². The van der Waals surface area contributed by atoms with Gasteiger partial charge in [-0.05, 0) is 76.0 Å². The molecule has 0 atom stereocenters. The van der Waals surface area contributed by atoms with Crippen LogP contribution in [0.3, 0.4) is 0 Å². The Hall–Kier alpha value is -1.85. The van der Waals surface area contributed by atoms with Crippen molar-refractivity contribution in [2.24, 2.45) is 17.8 Å². The van der Waals surface area contributed by atoms with Gasteiger partial charge in [-0.15, -0.1) is 17.3 Å². The molecule has 0 amide bonds. The molecule has 0 heterocycles. The Balaban J connectivity index is -0.000000174. The minimum atomic E-state index is -0.161. The van der Waals surface area contributed by atoms with Gasteiger partial charge >= 0.3 is 17.1 Å². The Bertz CT molecular complexity index is 528. The van der Waals surface area contributed by atoms with Crippen LogP contribution in [0.4, 0.5) is 0 Å². The standard InChI is InChI=1S/3C8H14O2.Fe/c3*1-6(2)4-8(10)5-7(3)9;/h3*5-6,10H,4H2,1-3H3;/q;;;+3/p-3. The van der Waals surface area contributed by atoms with Gasteiger partial charge in [-0.2, -0.15) is 0 Å². The summed E-state index contributed by atoms with van der Waals surface area (Å²) in [7, 11) is 0. The molecule has 0 saturated heterocycles. The van der Waals surface area contributed by atoms with Crippen LogP contribution in [-0.4, -0.2) is 17.3 Å². The maximum Gasteiger partial charge on any atom is 3.00 e. The molecule has 0 saturated carbocycles. The van der Waals surface area contributed by atoms with Crippen LogP contribution < -0.4 is 15.3 Å². The number of carbonyl (C=O) groups excluding carboxylic acids is 3. The van der Waals surface area contributed by atoms with Crippen molar-refractivity contribution in [1.29, 1.82) is 0 Å². The van der Waals surface area contributed by atoms with E-state index < -0.39 is 0 Å². The molecule has 0 unspecified atom stereocenters. The van der Waals surface area contributed by atoms with Crippen molar-refractivity contribution in [2.45, 2.75) is 81.6 Å². The summed E-state index contributed by atoms with van der Waals surface area (Å²) < 4.78 is 0. The molecule has 0 aliphatic carbocycles. The van der Waals surface area contributed by atoms with Gasteiger partial charge in [0.15, 0.2) is 17.3 Å².